The number of H-pyrrole nitrogens is 1. The normalized spacial score (nSPS) is 12.5. The Bertz CT molecular complexity index is 1600. The molecule has 200 valence electrons. The second kappa shape index (κ2) is 11.2. The molecule has 5 aromatic rings. The molecule has 3 aromatic carbocycles. The first kappa shape index (κ1) is 26.9. The van der Waals surface area contributed by atoms with Crippen LogP contribution in [-0.2, 0) is 24.2 Å². The number of aromatic nitrogens is 4. The van der Waals surface area contributed by atoms with Gasteiger partial charge in [0.25, 0.3) is 0 Å². The van der Waals surface area contributed by atoms with Crippen molar-refractivity contribution in [2.75, 3.05) is 0 Å². The lowest BCUT2D eigenvalue weighted by Crippen LogP contribution is -2.50. The molecule has 9 heteroatoms. The SMILES string of the molecule is CC(C)(N)C(=O)N[C@H](Cc1c[nH]c2ccccc12)c1nnc(Cc2ccccc2)n1Cc1ccc(Cl)c(Cl)c1. The van der Waals surface area contributed by atoms with Gasteiger partial charge in [-0.15, -0.1) is 10.2 Å². The molecule has 4 N–H and O–H groups in total. The van der Waals surface area contributed by atoms with Gasteiger partial charge in [-0.2, -0.15) is 0 Å². The summed E-state index contributed by atoms with van der Waals surface area (Å²) in [4.78, 5) is 16.5. The predicted octanol–water partition coefficient (Wildman–Crippen LogP) is 5.84. The number of nitrogens with one attached hydrogen (secondary N) is 2. The Morgan fingerprint density at radius 2 is 1.74 bits per heavy atom. The summed E-state index contributed by atoms with van der Waals surface area (Å²) < 4.78 is 2.05. The van der Waals surface area contributed by atoms with Gasteiger partial charge in [-0.25, -0.2) is 0 Å². The molecule has 0 bridgehead atoms. The Morgan fingerprint density at radius 1 is 1.00 bits per heavy atom. The molecule has 0 saturated heterocycles. The van der Waals surface area contributed by atoms with Crippen molar-refractivity contribution in [3.8, 4) is 0 Å². The van der Waals surface area contributed by atoms with E-state index in [4.69, 9.17) is 28.9 Å². The summed E-state index contributed by atoms with van der Waals surface area (Å²) in [6.07, 6.45) is 3.05. The van der Waals surface area contributed by atoms with Crippen molar-refractivity contribution in [3.05, 3.63) is 117 Å². The third-order valence-corrected chi connectivity index (χ3v) is 7.43. The number of hydrogen-bond acceptors (Lipinski definition) is 4. The highest BCUT2D eigenvalue weighted by molar-refractivity contribution is 6.42. The maximum Gasteiger partial charge on any atom is 0.240 e. The summed E-state index contributed by atoms with van der Waals surface area (Å²) >= 11 is 12.5. The van der Waals surface area contributed by atoms with Crippen LogP contribution in [0.3, 0.4) is 0 Å². The van der Waals surface area contributed by atoms with E-state index in [-0.39, 0.29) is 5.91 Å². The number of nitrogens with zero attached hydrogens (tertiary/aromatic N) is 3. The third-order valence-electron chi connectivity index (χ3n) is 6.69. The first-order valence-electron chi connectivity index (χ1n) is 12.7. The number of rotatable bonds is 9. The topological polar surface area (TPSA) is 102 Å². The average Bonchev–Trinajstić information content (AvgIpc) is 3.50. The lowest BCUT2D eigenvalue weighted by Gasteiger charge is -2.25. The first-order valence-corrected chi connectivity index (χ1v) is 13.5. The largest absolute Gasteiger partial charge is 0.361 e. The number of aromatic amines is 1. The molecule has 2 heterocycles. The molecular weight excluding hydrogens is 531 g/mol. The molecule has 39 heavy (non-hydrogen) atoms. The molecule has 0 radical (unpaired) electrons. The van der Waals surface area contributed by atoms with Crippen LogP contribution in [-0.4, -0.2) is 31.2 Å². The standard InChI is InChI=1S/C30H30Cl2N6O/c1-30(2,33)29(39)35-26(16-21-17-34-25-11-7-6-10-22(21)25)28-37-36-27(15-19-8-4-3-5-9-19)38(28)18-20-12-13-23(31)24(32)14-20/h3-14,17,26,34H,15-16,18,33H2,1-2H3,(H,35,39)/t26-/m1/s1. The van der Waals surface area contributed by atoms with Crippen LogP contribution in [0.25, 0.3) is 10.9 Å². The minimum Gasteiger partial charge on any atom is -0.361 e. The molecule has 0 aliphatic carbocycles. The fourth-order valence-corrected chi connectivity index (χ4v) is 4.90. The van der Waals surface area contributed by atoms with Gasteiger partial charge >= 0.3 is 0 Å². The van der Waals surface area contributed by atoms with Crippen LogP contribution in [0.1, 0.15) is 48.2 Å². The Kier molecular flexibility index (Phi) is 7.75. The van der Waals surface area contributed by atoms with Gasteiger partial charge in [-0.3, -0.25) is 4.79 Å². The van der Waals surface area contributed by atoms with Crippen molar-refractivity contribution in [1.29, 1.82) is 0 Å². The smallest absolute Gasteiger partial charge is 0.240 e. The molecule has 5 rings (SSSR count). The van der Waals surface area contributed by atoms with Gasteiger partial charge in [0.05, 0.1) is 28.2 Å². The molecule has 0 unspecified atom stereocenters. The number of carbonyl (C=O) groups is 1. The molecule has 2 aromatic heterocycles. The Labute approximate surface area is 237 Å². The van der Waals surface area contributed by atoms with Crippen LogP contribution >= 0.6 is 23.2 Å². The van der Waals surface area contributed by atoms with Gasteiger partial charge in [0.1, 0.15) is 5.82 Å². The number of amides is 1. The van der Waals surface area contributed by atoms with Crippen LogP contribution in [0.5, 0.6) is 0 Å². The van der Waals surface area contributed by atoms with Crippen LogP contribution in [0.4, 0.5) is 0 Å². The van der Waals surface area contributed by atoms with Crippen LogP contribution in [0.2, 0.25) is 10.0 Å². The van der Waals surface area contributed by atoms with Crippen molar-refractivity contribution < 1.29 is 4.79 Å². The van der Waals surface area contributed by atoms with E-state index < -0.39 is 11.6 Å². The summed E-state index contributed by atoms with van der Waals surface area (Å²) in [5.41, 5.74) is 9.24. The Hall–Kier alpha value is -3.65. The van der Waals surface area contributed by atoms with E-state index in [1.165, 1.54) is 0 Å². The fraction of sp³-hybridized carbons (Fsp3) is 0.233. The highest BCUT2D eigenvalue weighted by atomic mass is 35.5. The second-order valence-electron chi connectivity index (χ2n) is 10.3. The molecule has 1 amide bonds. The van der Waals surface area contributed by atoms with Crippen molar-refractivity contribution in [2.45, 2.75) is 44.8 Å². The van der Waals surface area contributed by atoms with Crippen LogP contribution in [0, 0.1) is 0 Å². The molecular formula is C30H30Cl2N6O. The number of carbonyl (C=O) groups excluding carboxylic acids is 1. The quantitative estimate of drug-likeness (QED) is 0.210. The summed E-state index contributed by atoms with van der Waals surface area (Å²) in [5, 5.41) is 14.4. The van der Waals surface area contributed by atoms with Gasteiger partial charge in [0.2, 0.25) is 5.91 Å². The van der Waals surface area contributed by atoms with Crippen molar-refractivity contribution >= 4 is 40.0 Å². The number of nitrogens with two attached hydrogens (primary N) is 1. The minimum atomic E-state index is -1.07. The average molecular weight is 562 g/mol. The maximum atomic E-state index is 13.2. The zero-order chi connectivity index (χ0) is 27.6. The van der Waals surface area contributed by atoms with E-state index >= 15 is 0 Å². The number of para-hydroxylation sites is 1. The molecule has 7 nitrogen and oxygen atoms in total. The zero-order valence-electron chi connectivity index (χ0n) is 21.8. The molecule has 1 atom stereocenters. The van der Waals surface area contributed by atoms with Crippen molar-refractivity contribution in [1.82, 2.24) is 25.1 Å². The van der Waals surface area contributed by atoms with Crippen LogP contribution in [0.15, 0.2) is 79.0 Å². The minimum absolute atomic E-state index is 0.277. The van der Waals surface area contributed by atoms with E-state index in [2.05, 4.69) is 43.3 Å². The molecule has 0 aliphatic rings. The molecule has 0 saturated carbocycles. The van der Waals surface area contributed by atoms with Gasteiger partial charge in [-0.1, -0.05) is 77.8 Å². The Balaban J connectivity index is 1.59. The summed E-state index contributed by atoms with van der Waals surface area (Å²) in [7, 11) is 0. The Morgan fingerprint density at radius 3 is 2.49 bits per heavy atom. The third kappa shape index (κ3) is 6.17. The first-order chi connectivity index (χ1) is 18.7. The molecule has 0 spiro atoms. The van der Waals surface area contributed by atoms with Crippen LogP contribution < -0.4 is 11.1 Å². The monoisotopic (exact) mass is 560 g/mol. The summed E-state index contributed by atoms with van der Waals surface area (Å²) in [6, 6.07) is 23.2. The highest BCUT2D eigenvalue weighted by Crippen LogP contribution is 2.27. The van der Waals surface area contributed by atoms with E-state index in [1.54, 1.807) is 19.9 Å². The predicted molar refractivity (Wildman–Crippen MR) is 156 cm³/mol. The summed E-state index contributed by atoms with van der Waals surface area (Å²) in [5.74, 6) is 1.13. The fourth-order valence-electron chi connectivity index (χ4n) is 4.58. The van der Waals surface area contributed by atoms with Crippen molar-refractivity contribution in [3.63, 3.8) is 0 Å². The number of benzene rings is 3. The maximum absolute atomic E-state index is 13.2. The second-order valence-corrected chi connectivity index (χ2v) is 11.1. The zero-order valence-corrected chi connectivity index (χ0v) is 23.3. The van der Waals surface area contributed by atoms with Gasteiger partial charge in [-0.05, 0) is 48.7 Å². The van der Waals surface area contributed by atoms with Gasteiger partial charge in [0.15, 0.2) is 5.82 Å². The molecule has 0 fully saturated rings. The van der Waals surface area contributed by atoms with E-state index in [1.807, 2.05) is 54.7 Å². The number of fused-ring (bicyclic) bond motifs is 1. The summed E-state index contributed by atoms with van der Waals surface area (Å²) in [6.45, 7) is 3.83. The lowest BCUT2D eigenvalue weighted by atomic mass is 10.0. The van der Waals surface area contributed by atoms with Crippen molar-refractivity contribution in [2.24, 2.45) is 5.73 Å². The highest BCUT2D eigenvalue weighted by Gasteiger charge is 2.29. The number of hydrogen-bond donors (Lipinski definition) is 3. The van der Waals surface area contributed by atoms with Gasteiger partial charge < -0.3 is 20.6 Å². The van der Waals surface area contributed by atoms with Gasteiger partial charge in [0, 0.05) is 29.9 Å². The number of halogens is 2. The lowest BCUT2D eigenvalue weighted by molar-refractivity contribution is -0.126. The van der Waals surface area contributed by atoms with E-state index in [0.717, 1.165) is 33.4 Å². The molecule has 0 aliphatic heterocycles. The van der Waals surface area contributed by atoms with E-state index in [9.17, 15) is 4.79 Å². The van der Waals surface area contributed by atoms with E-state index in [0.29, 0.717) is 35.3 Å².